The first-order valence-electron chi connectivity index (χ1n) is 25.8. The Balaban J connectivity index is 4.08. The number of phosphoric acid groups is 1. The summed E-state index contributed by atoms with van der Waals surface area (Å²) in [6.07, 6.45) is 48.3. The molecule has 0 saturated heterocycles. The van der Waals surface area contributed by atoms with Crippen molar-refractivity contribution in [2.24, 2.45) is 0 Å². The molecule has 0 radical (unpaired) electrons. The van der Waals surface area contributed by atoms with Crippen molar-refractivity contribution in [2.45, 2.75) is 264 Å². The van der Waals surface area contributed by atoms with Crippen molar-refractivity contribution in [3.05, 3.63) is 0 Å². The summed E-state index contributed by atoms with van der Waals surface area (Å²) in [5.41, 5.74) is 0. The smallest absolute Gasteiger partial charge is 0.306 e. The van der Waals surface area contributed by atoms with Gasteiger partial charge in [0.15, 0.2) is 0 Å². The molecule has 0 amide bonds. The number of esters is 1. The van der Waals surface area contributed by atoms with Gasteiger partial charge < -0.3 is 27.9 Å². The summed E-state index contributed by atoms with van der Waals surface area (Å²) in [5, 5.41) is 0. The lowest BCUT2D eigenvalue weighted by Crippen LogP contribution is -2.37. The quantitative estimate of drug-likeness (QED) is 0.0260. The van der Waals surface area contributed by atoms with Gasteiger partial charge in [-0.25, -0.2) is 0 Å². The molecule has 0 aromatic rings. The Bertz CT molecular complexity index is 914. The van der Waals surface area contributed by atoms with Gasteiger partial charge in [0.05, 0.1) is 34.4 Å². The van der Waals surface area contributed by atoms with Gasteiger partial charge in [-0.05, 0) is 12.8 Å². The molecule has 0 heterocycles. The number of hydrogen-bond acceptors (Lipinski definition) is 7. The fourth-order valence-electron chi connectivity index (χ4n) is 7.67. The molecule has 0 aliphatic carbocycles. The topological polar surface area (TPSA) is 94.1 Å². The second-order valence-electron chi connectivity index (χ2n) is 18.9. The van der Waals surface area contributed by atoms with E-state index < -0.39 is 13.9 Å². The van der Waals surface area contributed by atoms with Crippen LogP contribution >= 0.6 is 7.82 Å². The second kappa shape index (κ2) is 44.1. The van der Waals surface area contributed by atoms with Crippen molar-refractivity contribution in [1.29, 1.82) is 0 Å². The molecule has 0 saturated carbocycles. The highest BCUT2D eigenvalue weighted by molar-refractivity contribution is 7.45. The van der Waals surface area contributed by atoms with Gasteiger partial charge in [-0.15, -0.1) is 0 Å². The molecule has 0 aliphatic rings. The van der Waals surface area contributed by atoms with Crippen molar-refractivity contribution in [3.63, 3.8) is 0 Å². The van der Waals surface area contributed by atoms with E-state index in [-0.39, 0.29) is 25.8 Å². The molecule has 2 atom stereocenters. The second-order valence-corrected chi connectivity index (χ2v) is 20.3. The maximum atomic E-state index is 12.7. The van der Waals surface area contributed by atoms with Gasteiger partial charge in [0.2, 0.25) is 0 Å². The van der Waals surface area contributed by atoms with Gasteiger partial charge in [-0.1, -0.05) is 239 Å². The lowest BCUT2D eigenvalue weighted by atomic mass is 10.0. The average molecular weight is 860 g/mol. The monoisotopic (exact) mass is 860 g/mol. The van der Waals surface area contributed by atoms with Gasteiger partial charge in [0.25, 0.3) is 7.82 Å². The summed E-state index contributed by atoms with van der Waals surface area (Å²) in [4.78, 5) is 25.2. The van der Waals surface area contributed by atoms with E-state index in [4.69, 9.17) is 18.5 Å². The van der Waals surface area contributed by atoms with Crippen LogP contribution in [0.25, 0.3) is 0 Å². The van der Waals surface area contributed by atoms with Crippen molar-refractivity contribution in [2.75, 3.05) is 54.1 Å². The SMILES string of the molecule is CCCCCCCCCCCCCCCCCCCCCCC(=O)OC(COCCCCCCCCCCCCCCCCCCC)COP(=O)([O-])OCC[N+](C)(C)C. The van der Waals surface area contributed by atoms with E-state index in [1.807, 2.05) is 21.1 Å². The Hall–Kier alpha value is -0.500. The molecule has 9 heteroatoms. The molecule has 0 spiro atoms. The van der Waals surface area contributed by atoms with E-state index in [9.17, 15) is 14.3 Å². The van der Waals surface area contributed by atoms with Crippen LogP contribution in [0.4, 0.5) is 0 Å². The molecule has 0 fully saturated rings. The number of unbranched alkanes of at least 4 members (excludes halogenated alkanes) is 35. The summed E-state index contributed by atoms with van der Waals surface area (Å²) < 4.78 is 34.8. The largest absolute Gasteiger partial charge is 0.756 e. The fourth-order valence-corrected chi connectivity index (χ4v) is 8.40. The van der Waals surface area contributed by atoms with Crippen LogP contribution in [0.2, 0.25) is 0 Å². The number of ether oxygens (including phenoxy) is 2. The minimum Gasteiger partial charge on any atom is -0.756 e. The molecule has 0 bridgehead atoms. The minimum absolute atomic E-state index is 0.0317. The first-order chi connectivity index (χ1) is 28.6. The molecule has 8 nitrogen and oxygen atoms in total. The Morgan fingerprint density at radius 2 is 0.780 bits per heavy atom. The third-order valence-electron chi connectivity index (χ3n) is 11.7. The fraction of sp³-hybridized carbons (Fsp3) is 0.980. The molecule has 2 unspecified atom stereocenters. The number of carbonyl (C=O) groups excluding carboxylic acids is 1. The molecule has 0 N–H and O–H groups in total. The predicted molar refractivity (Wildman–Crippen MR) is 250 cm³/mol. The third-order valence-corrected chi connectivity index (χ3v) is 12.6. The first-order valence-corrected chi connectivity index (χ1v) is 27.2. The van der Waals surface area contributed by atoms with Crippen molar-refractivity contribution in [3.8, 4) is 0 Å². The third kappa shape index (κ3) is 48.4. The normalized spacial score (nSPS) is 13.5. The lowest BCUT2D eigenvalue weighted by molar-refractivity contribution is -0.870. The lowest BCUT2D eigenvalue weighted by Gasteiger charge is -2.28. The van der Waals surface area contributed by atoms with E-state index in [1.165, 1.54) is 205 Å². The zero-order chi connectivity index (χ0) is 43.4. The average Bonchev–Trinajstić information content (AvgIpc) is 3.19. The molecular formula is C50H102NO7P. The standard InChI is InChI=1S/C50H102NO7P/c1-6-8-10-12-14-16-18-20-22-24-25-26-27-29-31-33-35-37-39-41-43-50(52)58-49(48-57-59(53,54)56-46-44-51(3,4)5)47-55-45-42-40-38-36-34-32-30-28-23-21-19-17-15-13-11-9-7-2/h49H,6-48H2,1-5H3. The van der Waals surface area contributed by atoms with Crippen LogP contribution in [0, 0.1) is 0 Å². The molecule has 0 aliphatic heterocycles. The van der Waals surface area contributed by atoms with Crippen LogP contribution < -0.4 is 4.89 Å². The molecule has 59 heavy (non-hydrogen) atoms. The Kier molecular flexibility index (Phi) is 43.7. The Labute approximate surface area is 368 Å². The van der Waals surface area contributed by atoms with Crippen molar-refractivity contribution >= 4 is 13.8 Å². The summed E-state index contributed by atoms with van der Waals surface area (Å²) in [7, 11) is 1.38. The highest BCUT2D eigenvalue weighted by Crippen LogP contribution is 2.38. The first kappa shape index (κ1) is 58.5. The summed E-state index contributed by atoms with van der Waals surface area (Å²) in [6.45, 7) is 5.49. The minimum atomic E-state index is -4.52. The number of likely N-dealkylation sites (N-methyl/N-ethyl adjacent to an activating group) is 1. The van der Waals surface area contributed by atoms with Crippen LogP contribution in [0.5, 0.6) is 0 Å². The van der Waals surface area contributed by atoms with E-state index >= 15 is 0 Å². The number of rotatable bonds is 49. The summed E-state index contributed by atoms with van der Waals surface area (Å²) in [6, 6.07) is 0. The maximum Gasteiger partial charge on any atom is 0.306 e. The molecular weight excluding hydrogens is 758 g/mol. The number of nitrogens with zero attached hydrogens (tertiary/aromatic N) is 1. The van der Waals surface area contributed by atoms with E-state index in [0.717, 1.165) is 32.1 Å². The van der Waals surface area contributed by atoms with Gasteiger partial charge in [-0.3, -0.25) is 9.36 Å². The number of carbonyl (C=O) groups is 1. The number of quaternary nitrogens is 1. The van der Waals surface area contributed by atoms with Crippen LogP contribution in [0.1, 0.15) is 258 Å². The zero-order valence-electron chi connectivity index (χ0n) is 40.2. The maximum absolute atomic E-state index is 12.7. The Morgan fingerprint density at radius 3 is 1.12 bits per heavy atom. The van der Waals surface area contributed by atoms with Crippen LogP contribution in [-0.4, -0.2) is 70.7 Å². The number of phosphoric ester groups is 1. The predicted octanol–water partition coefficient (Wildman–Crippen LogP) is 15.0. The zero-order valence-corrected chi connectivity index (χ0v) is 41.1. The van der Waals surface area contributed by atoms with Gasteiger partial charge in [-0.2, -0.15) is 0 Å². The summed E-state index contributed by atoms with van der Waals surface area (Å²) >= 11 is 0. The highest BCUT2D eigenvalue weighted by atomic mass is 31.2. The van der Waals surface area contributed by atoms with Crippen LogP contribution in [0.3, 0.4) is 0 Å². The highest BCUT2D eigenvalue weighted by Gasteiger charge is 2.20. The van der Waals surface area contributed by atoms with Crippen molar-refractivity contribution < 1.29 is 37.3 Å². The summed E-state index contributed by atoms with van der Waals surface area (Å²) in [5.74, 6) is -0.325. The molecule has 0 aromatic carbocycles. The van der Waals surface area contributed by atoms with Gasteiger partial charge >= 0.3 is 5.97 Å². The van der Waals surface area contributed by atoms with Crippen LogP contribution in [0.15, 0.2) is 0 Å². The van der Waals surface area contributed by atoms with E-state index in [1.54, 1.807) is 0 Å². The number of hydrogen-bond donors (Lipinski definition) is 0. The molecule has 354 valence electrons. The molecule has 0 aromatic heterocycles. The van der Waals surface area contributed by atoms with E-state index in [2.05, 4.69) is 13.8 Å². The van der Waals surface area contributed by atoms with Gasteiger partial charge in [0.1, 0.15) is 19.3 Å². The Morgan fingerprint density at radius 1 is 0.458 bits per heavy atom. The van der Waals surface area contributed by atoms with Gasteiger partial charge in [0, 0.05) is 13.0 Å². The van der Waals surface area contributed by atoms with Crippen molar-refractivity contribution in [1.82, 2.24) is 0 Å². The van der Waals surface area contributed by atoms with E-state index in [0.29, 0.717) is 24.1 Å². The van der Waals surface area contributed by atoms with Crippen LogP contribution in [-0.2, 0) is 27.9 Å². The molecule has 0 rings (SSSR count).